The number of nitrogens with zero attached hydrogens (tertiary/aromatic N) is 7. The van der Waals surface area contributed by atoms with Crippen molar-refractivity contribution in [1.82, 2.24) is 33.9 Å². The predicted molar refractivity (Wildman–Crippen MR) is 104 cm³/mol. The van der Waals surface area contributed by atoms with Gasteiger partial charge >= 0.3 is 0 Å². The Kier molecular flexibility index (Phi) is 3.78. The van der Waals surface area contributed by atoms with Crippen LogP contribution in [-0.2, 0) is 0 Å². The van der Waals surface area contributed by atoms with Gasteiger partial charge in [0.1, 0.15) is 0 Å². The van der Waals surface area contributed by atoms with Crippen LogP contribution in [0.5, 0.6) is 0 Å². The highest BCUT2D eigenvalue weighted by Gasteiger charge is 2.18. The van der Waals surface area contributed by atoms with Crippen molar-refractivity contribution in [3.05, 3.63) is 42.7 Å². The summed E-state index contributed by atoms with van der Waals surface area (Å²) in [6, 6.07) is 2.49. The molecule has 1 saturated heterocycles. The van der Waals surface area contributed by atoms with E-state index in [0.29, 0.717) is 17.8 Å². The lowest BCUT2D eigenvalue weighted by Gasteiger charge is -2.29. The molecule has 0 radical (unpaired) electrons. The van der Waals surface area contributed by atoms with Gasteiger partial charge in [0.25, 0.3) is 0 Å². The number of hydrogen-bond acceptors (Lipinski definition) is 6. The lowest BCUT2D eigenvalue weighted by atomic mass is 10.1. The Balaban J connectivity index is 1.45. The third-order valence-electron chi connectivity index (χ3n) is 5.33. The lowest BCUT2D eigenvalue weighted by molar-refractivity contribution is 0.263. The molecule has 8 heteroatoms. The first-order chi connectivity index (χ1) is 13.2. The molecule has 0 aromatic carbocycles. The first-order valence-corrected chi connectivity index (χ1v) is 9.27. The molecule has 0 amide bonds. The number of aromatic nitrogens is 6. The van der Waals surface area contributed by atoms with E-state index in [1.807, 2.05) is 40.6 Å². The molecule has 0 unspecified atom stereocenters. The number of nitrogens with one attached hydrogen (secondary N) is 1. The molecular weight excluding hydrogens is 340 g/mol. The molecule has 0 saturated carbocycles. The Bertz CT molecular complexity index is 1100. The second-order valence-electron chi connectivity index (χ2n) is 7.28. The van der Waals surface area contributed by atoms with E-state index in [1.54, 1.807) is 0 Å². The number of fused-ring (bicyclic) bond motifs is 2. The van der Waals surface area contributed by atoms with E-state index in [9.17, 15) is 0 Å². The number of hydrogen-bond donors (Lipinski definition) is 1. The van der Waals surface area contributed by atoms with Crippen molar-refractivity contribution < 1.29 is 0 Å². The highest BCUT2D eigenvalue weighted by molar-refractivity contribution is 5.79. The van der Waals surface area contributed by atoms with Crippen molar-refractivity contribution >= 4 is 17.2 Å². The maximum Gasteiger partial charge on any atom is 0.241 e. The SMILES string of the molecule is Cc1cnc2ncc(-c3ccn4nc(NC5CCN(C)CC5)ncc34)cn12. The van der Waals surface area contributed by atoms with Gasteiger partial charge in [-0.1, -0.05) is 0 Å². The fraction of sp³-hybridized carbons (Fsp3) is 0.368. The van der Waals surface area contributed by atoms with Crippen molar-refractivity contribution in [2.75, 3.05) is 25.5 Å². The van der Waals surface area contributed by atoms with Crippen molar-refractivity contribution in [2.24, 2.45) is 0 Å². The number of piperidine rings is 1. The molecule has 1 aliphatic heterocycles. The van der Waals surface area contributed by atoms with Crippen LogP contribution in [0.4, 0.5) is 5.95 Å². The van der Waals surface area contributed by atoms with Gasteiger partial charge in [-0.2, -0.15) is 0 Å². The third-order valence-corrected chi connectivity index (χ3v) is 5.33. The van der Waals surface area contributed by atoms with Crippen LogP contribution in [0.25, 0.3) is 22.4 Å². The predicted octanol–water partition coefficient (Wildman–Crippen LogP) is 2.25. The smallest absolute Gasteiger partial charge is 0.241 e. The summed E-state index contributed by atoms with van der Waals surface area (Å²) in [5.74, 6) is 1.39. The van der Waals surface area contributed by atoms with Gasteiger partial charge in [-0.05, 0) is 46.0 Å². The summed E-state index contributed by atoms with van der Waals surface area (Å²) in [6.45, 7) is 4.24. The average molecular weight is 362 g/mol. The van der Waals surface area contributed by atoms with Gasteiger partial charge in [0, 0.05) is 41.5 Å². The van der Waals surface area contributed by atoms with Crippen molar-refractivity contribution in [3.8, 4) is 11.1 Å². The lowest BCUT2D eigenvalue weighted by Crippen LogP contribution is -2.37. The summed E-state index contributed by atoms with van der Waals surface area (Å²) in [5.41, 5.74) is 4.10. The second-order valence-corrected chi connectivity index (χ2v) is 7.28. The molecule has 1 N–H and O–H groups in total. The molecule has 5 rings (SSSR count). The topological polar surface area (TPSA) is 75.7 Å². The molecule has 4 aromatic heterocycles. The normalized spacial score (nSPS) is 16.4. The fourth-order valence-electron chi connectivity index (χ4n) is 3.67. The molecular formula is C19H22N8. The first kappa shape index (κ1) is 16.2. The number of anilines is 1. The highest BCUT2D eigenvalue weighted by atomic mass is 15.3. The van der Waals surface area contributed by atoms with E-state index in [-0.39, 0.29) is 0 Å². The summed E-state index contributed by atoms with van der Waals surface area (Å²) in [7, 11) is 2.16. The van der Waals surface area contributed by atoms with Crippen LogP contribution in [0.3, 0.4) is 0 Å². The molecule has 27 heavy (non-hydrogen) atoms. The molecule has 0 spiro atoms. The highest BCUT2D eigenvalue weighted by Crippen LogP contribution is 2.25. The van der Waals surface area contributed by atoms with E-state index in [2.05, 4.69) is 49.6 Å². The van der Waals surface area contributed by atoms with Crippen molar-refractivity contribution in [3.63, 3.8) is 0 Å². The van der Waals surface area contributed by atoms with Crippen molar-refractivity contribution in [1.29, 1.82) is 0 Å². The zero-order valence-corrected chi connectivity index (χ0v) is 15.5. The van der Waals surface area contributed by atoms with Crippen LogP contribution in [0.15, 0.2) is 37.1 Å². The van der Waals surface area contributed by atoms with Crippen LogP contribution in [0.1, 0.15) is 18.5 Å². The first-order valence-electron chi connectivity index (χ1n) is 9.27. The fourth-order valence-corrected chi connectivity index (χ4v) is 3.67. The van der Waals surface area contributed by atoms with Crippen molar-refractivity contribution in [2.45, 2.75) is 25.8 Å². The molecule has 0 bridgehead atoms. The maximum absolute atomic E-state index is 4.65. The van der Waals surface area contributed by atoms with Crippen LogP contribution < -0.4 is 5.32 Å². The van der Waals surface area contributed by atoms with E-state index < -0.39 is 0 Å². The summed E-state index contributed by atoms with van der Waals surface area (Å²) in [5, 5.41) is 8.12. The summed E-state index contributed by atoms with van der Waals surface area (Å²) in [4.78, 5) is 15.6. The molecule has 4 aromatic rings. The minimum atomic E-state index is 0.435. The van der Waals surface area contributed by atoms with Crippen LogP contribution in [0, 0.1) is 6.92 Å². The molecule has 5 heterocycles. The zero-order chi connectivity index (χ0) is 18.4. The number of rotatable bonds is 3. The van der Waals surface area contributed by atoms with Gasteiger partial charge in [0.2, 0.25) is 11.7 Å². The maximum atomic E-state index is 4.65. The van der Waals surface area contributed by atoms with Crippen LogP contribution >= 0.6 is 0 Å². The molecule has 1 fully saturated rings. The zero-order valence-electron chi connectivity index (χ0n) is 15.5. The summed E-state index contributed by atoms with van der Waals surface area (Å²) < 4.78 is 3.88. The molecule has 0 aliphatic carbocycles. The largest absolute Gasteiger partial charge is 0.350 e. The van der Waals surface area contributed by atoms with Gasteiger partial charge in [-0.15, -0.1) is 5.10 Å². The average Bonchev–Trinajstić information content (AvgIpc) is 3.27. The van der Waals surface area contributed by atoms with E-state index in [4.69, 9.17) is 0 Å². The summed E-state index contributed by atoms with van der Waals surface area (Å²) in [6.07, 6.45) is 11.8. The van der Waals surface area contributed by atoms with Gasteiger partial charge in [-0.3, -0.25) is 4.40 Å². The monoisotopic (exact) mass is 362 g/mol. The standard InChI is InChI=1S/C19H22N8/c1-13-9-21-19-22-10-14(12-26(13)19)16-5-8-27-17(16)11-20-18(24-27)23-15-3-6-25(2)7-4-15/h5,8-12,15H,3-4,6-7H2,1-2H3,(H,23,24). The van der Waals surface area contributed by atoms with Crippen LogP contribution in [0.2, 0.25) is 0 Å². The van der Waals surface area contributed by atoms with Gasteiger partial charge < -0.3 is 10.2 Å². The summed E-state index contributed by atoms with van der Waals surface area (Å²) >= 11 is 0. The minimum absolute atomic E-state index is 0.435. The molecule has 0 atom stereocenters. The Morgan fingerprint density at radius 2 is 1.89 bits per heavy atom. The second kappa shape index (κ2) is 6.31. The molecule has 1 aliphatic rings. The Labute approximate surface area is 156 Å². The number of imidazole rings is 1. The quantitative estimate of drug-likeness (QED) is 0.602. The molecule has 8 nitrogen and oxygen atoms in total. The van der Waals surface area contributed by atoms with Gasteiger partial charge in [0.15, 0.2) is 0 Å². The molecule has 138 valence electrons. The van der Waals surface area contributed by atoms with E-state index in [0.717, 1.165) is 48.3 Å². The number of likely N-dealkylation sites (tertiary alicyclic amines) is 1. The van der Waals surface area contributed by atoms with E-state index >= 15 is 0 Å². The van der Waals surface area contributed by atoms with Gasteiger partial charge in [0.05, 0.1) is 17.9 Å². The Hall–Kier alpha value is -3.00. The van der Waals surface area contributed by atoms with E-state index in [1.165, 1.54) is 0 Å². The Morgan fingerprint density at radius 1 is 1.07 bits per heavy atom. The van der Waals surface area contributed by atoms with Crippen LogP contribution in [-0.4, -0.2) is 60.0 Å². The third kappa shape index (κ3) is 2.91. The number of aryl methyl sites for hydroxylation is 1. The Morgan fingerprint density at radius 3 is 2.74 bits per heavy atom. The van der Waals surface area contributed by atoms with Gasteiger partial charge in [-0.25, -0.2) is 19.5 Å². The minimum Gasteiger partial charge on any atom is -0.350 e.